The zero-order valence-electron chi connectivity index (χ0n) is 14.8. The number of hydrogen-bond acceptors (Lipinski definition) is 5. The molecule has 0 fully saturated rings. The Hall–Kier alpha value is -1.30. The molecule has 134 valence electrons. The van der Waals surface area contributed by atoms with Crippen LogP contribution in [0.15, 0.2) is 22.8 Å². The van der Waals surface area contributed by atoms with Crippen LogP contribution in [0.5, 0.6) is 0 Å². The van der Waals surface area contributed by atoms with E-state index in [2.05, 4.69) is 0 Å². The van der Waals surface area contributed by atoms with Crippen molar-refractivity contribution in [3.8, 4) is 0 Å². The van der Waals surface area contributed by atoms with Crippen molar-refractivity contribution in [3.05, 3.63) is 22.8 Å². The molecule has 5 heteroatoms. The van der Waals surface area contributed by atoms with Gasteiger partial charge in [-0.1, -0.05) is 11.6 Å². The summed E-state index contributed by atoms with van der Waals surface area (Å²) in [5, 5.41) is 0. The van der Waals surface area contributed by atoms with Crippen LogP contribution in [0.4, 0.5) is 0 Å². The number of carbonyl (C=O) groups is 2. The second-order valence-corrected chi connectivity index (χ2v) is 6.39. The van der Waals surface area contributed by atoms with E-state index < -0.39 is 6.10 Å². The molecule has 0 saturated carbocycles. The number of Topliss-reactive ketones (excluding diaryl/α,β-unsaturated/α-hetero) is 2. The molecule has 24 heavy (non-hydrogen) atoms. The summed E-state index contributed by atoms with van der Waals surface area (Å²) in [5.74, 6) is 0.321. The van der Waals surface area contributed by atoms with E-state index in [-0.39, 0.29) is 18.4 Å². The molecule has 0 heterocycles. The SMILES string of the molecule is COCCOCOC(CC1=C(C)CCCC1=O)C1=CCCCC1=O. The molecule has 0 spiro atoms. The van der Waals surface area contributed by atoms with Crippen LogP contribution in [-0.2, 0) is 23.8 Å². The number of methoxy groups -OCH3 is 1. The Morgan fingerprint density at radius 1 is 1.08 bits per heavy atom. The summed E-state index contributed by atoms with van der Waals surface area (Å²) in [7, 11) is 1.61. The van der Waals surface area contributed by atoms with Crippen molar-refractivity contribution in [1.82, 2.24) is 0 Å². The number of ether oxygens (including phenoxy) is 3. The first kappa shape index (κ1) is 19.0. The quantitative estimate of drug-likeness (QED) is 0.478. The molecule has 2 rings (SSSR count). The van der Waals surface area contributed by atoms with Gasteiger partial charge < -0.3 is 14.2 Å². The van der Waals surface area contributed by atoms with Gasteiger partial charge in [0.15, 0.2) is 11.6 Å². The second-order valence-electron chi connectivity index (χ2n) is 6.39. The second kappa shape index (κ2) is 9.87. The third kappa shape index (κ3) is 5.36. The minimum Gasteiger partial charge on any atom is -0.382 e. The van der Waals surface area contributed by atoms with Gasteiger partial charge in [0.2, 0.25) is 0 Å². The van der Waals surface area contributed by atoms with Crippen LogP contribution in [0.1, 0.15) is 51.9 Å². The van der Waals surface area contributed by atoms with Crippen LogP contribution in [0, 0.1) is 0 Å². The molecule has 0 aromatic carbocycles. The number of ketones is 2. The van der Waals surface area contributed by atoms with Crippen LogP contribution in [0.25, 0.3) is 0 Å². The molecule has 1 unspecified atom stereocenters. The van der Waals surface area contributed by atoms with E-state index in [4.69, 9.17) is 14.2 Å². The Kier molecular flexibility index (Phi) is 7.82. The fourth-order valence-corrected chi connectivity index (χ4v) is 3.21. The third-order valence-electron chi connectivity index (χ3n) is 4.62. The van der Waals surface area contributed by atoms with E-state index in [1.165, 1.54) is 0 Å². The number of carbonyl (C=O) groups excluding carboxylic acids is 2. The van der Waals surface area contributed by atoms with Gasteiger partial charge in [-0.3, -0.25) is 9.59 Å². The van der Waals surface area contributed by atoms with Crippen LogP contribution in [-0.4, -0.2) is 44.8 Å². The highest BCUT2D eigenvalue weighted by molar-refractivity contribution is 5.99. The molecule has 0 radical (unpaired) electrons. The number of hydrogen-bond donors (Lipinski definition) is 0. The first-order valence-corrected chi connectivity index (χ1v) is 8.76. The molecule has 0 aromatic heterocycles. The fourth-order valence-electron chi connectivity index (χ4n) is 3.21. The molecule has 0 aliphatic heterocycles. The van der Waals surface area contributed by atoms with Gasteiger partial charge in [-0.05, 0) is 38.2 Å². The molecular weight excluding hydrogens is 308 g/mol. The van der Waals surface area contributed by atoms with Gasteiger partial charge >= 0.3 is 0 Å². The Bertz CT molecular complexity index is 518. The van der Waals surface area contributed by atoms with Crippen LogP contribution in [0.2, 0.25) is 0 Å². The monoisotopic (exact) mass is 336 g/mol. The van der Waals surface area contributed by atoms with Gasteiger partial charge in [-0.2, -0.15) is 0 Å². The minimum absolute atomic E-state index is 0.0964. The highest BCUT2D eigenvalue weighted by Crippen LogP contribution is 2.29. The fraction of sp³-hybridized carbons (Fsp3) is 0.684. The average molecular weight is 336 g/mol. The van der Waals surface area contributed by atoms with Crippen LogP contribution >= 0.6 is 0 Å². The van der Waals surface area contributed by atoms with Crippen molar-refractivity contribution in [2.45, 2.75) is 58.0 Å². The Labute approximate surface area is 144 Å². The summed E-state index contributed by atoms with van der Waals surface area (Å²) < 4.78 is 16.2. The molecule has 2 aliphatic rings. The predicted octanol–water partition coefficient (Wildman–Crippen LogP) is 3.13. The topological polar surface area (TPSA) is 61.8 Å². The van der Waals surface area contributed by atoms with Crippen molar-refractivity contribution >= 4 is 11.6 Å². The zero-order chi connectivity index (χ0) is 17.4. The standard InChI is InChI=1S/C19H28O5/c1-14-6-5-9-18(21)16(14)12-19(24-13-23-11-10-22-2)15-7-3-4-8-17(15)20/h7,19H,3-6,8-13H2,1-2H3. The van der Waals surface area contributed by atoms with Crippen molar-refractivity contribution in [2.75, 3.05) is 27.1 Å². The molecule has 2 aliphatic carbocycles. The Balaban J connectivity index is 2.06. The van der Waals surface area contributed by atoms with Gasteiger partial charge in [-0.25, -0.2) is 0 Å². The maximum Gasteiger partial charge on any atom is 0.161 e. The van der Waals surface area contributed by atoms with Crippen molar-refractivity contribution in [2.24, 2.45) is 0 Å². The maximum absolute atomic E-state index is 12.3. The van der Waals surface area contributed by atoms with Crippen LogP contribution < -0.4 is 0 Å². The van der Waals surface area contributed by atoms with E-state index >= 15 is 0 Å². The molecule has 0 N–H and O–H groups in total. The van der Waals surface area contributed by atoms with E-state index in [9.17, 15) is 9.59 Å². The summed E-state index contributed by atoms with van der Waals surface area (Å²) in [6.07, 6.45) is 6.83. The lowest BCUT2D eigenvalue weighted by Gasteiger charge is -2.25. The van der Waals surface area contributed by atoms with Gasteiger partial charge in [0, 0.05) is 31.9 Å². The van der Waals surface area contributed by atoms with Crippen molar-refractivity contribution in [1.29, 1.82) is 0 Å². The molecule has 1 atom stereocenters. The molecular formula is C19H28O5. The van der Waals surface area contributed by atoms with Gasteiger partial charge in [0.1, 0.15) is 6.79 Å². The predicted molar refractivity (Wildman–Crippen MR) is 90.7 cm³/mol. The Morgan fingerprint density at radius 2 is 1.88 bits per heavy atom. The highest BCUT2D eigenvalue weighted by atomic mass is 16.7. The number of allylic oxidation sites excluding steroid dienone is 2. The van der Waals surface area contributed by atoms with Gasteiger partial charge in [0.25, 0.3) is 0 Å². The number of rotatable bonds is 9. The lowest BCUT2D eigenvalue weighted by molar-refractivity contribution is -0.122. The molecule has 0 amide bonds. The first-order valence-electron chi connectivity index (χ1n) is 8.76. The van der Waals surface area contributed by atoms with E-state index in [0.717, 1.165) is 36.8 Å². The van der Waals surface area contributed by atoms with Crippen LogP contribution in [0.3, 0.4) is 0 Å². The zero-order valence-corrected chi connectivity index (χ0v) is 14.8. The van der Waals surface area contributed by atoms with Crippen molar-refractivity contribution in [3.63, 3.8) is 0 Å². The summed E-state index contributed by atoms with van der Waals surface area (Å²) in [6.45, 7) is 3.05. The smallest absolute Gasteiger partial charge is 0.161 e. The van der Waals surface area contributed by atoms with E-state index in [1.54, 1.807) is 7.11 Å². The molecule has 5 nitrogen and oxygen atoms in total. The third-order valence-corrected chi connectivity index (χ3v) is 4.62. The average Bonchev–Trinajstić information content (AvgIpc) is 2.57. The highest BCUT2D eigenvalue weighted by Gasteiger charge is 2.28. The van der Waals surface area contributed by atoms with Gasteiger partial charge in [0.05, 0.1) is 19.3 Å². The summed E-state index contributed by atoms with van der Waals surface area (Å²) in [4.78, 5) is 24.5. The summed E-state index contributed by atoms with van der Waals surface area (Å²) >= 11 is 0. The van der Waals surface area contributed by atoms with Gasteiger partial charge in [-0.15, -0.1) is 0 Å². The van der Waals surface area contributed by atoms with Crippen molar-refractivity contribution < 1.29 is 23.8 Å². The molecule has 0 aromatic rings. The maximum atomic E-state index is 12.3. The molecule has 0 bridgehead atoms. The van der Waals surface area contributed by atoms with E-state index in [1.807, 2.05) is 13.0 Å². The molecule has 0 saturated heterocycles. The van der Waals surface area contributed by atoms with E-state index in [0.29, 0.717) is 38.0 Å². The first-order chi connectivity index (χ1) is 11.6. The minimum atomic E-state index is -0.396. The Morgan fingerprint density at radius 3 is 2.58 bits per heavy atom. The normalized spacial score (nSPS) is 20.3. The summed E-state index contributed by atoms with van der Waals surface area (Å²) in [5.41, 5.74) is 2.67. The largest absolute Gasteiger partial charge is 0.382 e. The lowest BCUT2D eigenvalue weighted by atomic mass is 9.84. The lowest BCUT2D eigenvalue weighted by Crippen LogP contribution is -2.27. The summed E-state index contributed by atoms with van der Waals surface area (Å²) in [6, 6.07) is 0.